The van der Waals surface area contributed by atoms with E-state index in [4.69, 9.17) is 4.52 Å². The number of carbonyl (C=O) groups is 1. The molecule has 0 spiro atoms. The Balaban J connectivity index is 1.43. The smallest absolute Gasteiger partial charge is 0.180 e. The summed E-state index contributed by atoms with van der Waals surface area (Å²) in [5.41, 5.74) is 3.42. The summed E-state index contributed by atoms with van der Waals surface area (Å²) >= 11 is 0. The Labute approximate surface area is 170 Å². The van der Waals surface area contributed by atoms with E-state index >= 15 is 0 Å². The van der Waals surface area contributed by atoms with Crippen molar-refractivity contribution < 1.29 is 14.4 Å². The quantitative estimate of drug-likeness (QED) is 0.671. The molecule has 29 heavy (non-hydrogen) atoms. The van der Waals surface area contributed by atoms with Crippen molar-refractivity contribution in [1.82, 2.24) is 14.6 Å². The van der Waals surface area contributed by atoms with Gasteiger partial charge < -0.3 is 14.5 Å². The molecule has 1 aliphatic heterocycles. The summed E-state index contributed by atoms with van der Waals surface area (Å²) in [5, 5.41) is 14.1. The van der Waals surface area contributed by atoms with Crippen molar-refractivity contribution in [3.8, 4) is 11.6 Å². The number of carbonyl (C=O) groups excluding carboxylic acids is 1. The molecule has 3 heterocycles. The molecule has 1 aliphatic rings. The van der Waals surface area contributed by atoms with Gasteiger partial charge in [-0.05, 0) is 39.0 Å². The molecule has 1 aromatic carbocycles. The number of benzene rings is 1. The fraction of sp³-hybridized carbons (Fsp3) is 0.364. The zero-order chi connectivity index (χ0) is 20.5. The summed E-state index contributed by atoms with van der Waals surface area (Å²) in [6, 6.07) is 11.2. The lowest BCUT2D eigenvalue weighted by molar-refractivity contribution is 0.0925. The minimum absolute atomic E-state index is 0.112. The third-order valence-corrected chi connectivity index (χ3v) is 5.54. The number of nitrogens with zero attached hydrogens (tertiary/aromatic N) is 4. The maximum atomic E-state index is 13.0. The SMILES string of the molecule is Cc1cc(-n2c(C)cc(C(=O)CN3CCN(c4ccccc4O)CC3)c2C)no1. The van der Waals surface area contributed by atoms with Crippen LogP contribution in [0.2, 0.25) is 0 Å². The minimum Gasteiger partial charge on any atom is -0.506 e. The normalized spacial score (nSPS) is 15.1. The van der Waals surface area contributed by atoms with Gasteiger partial charge in [-0.15, -0.1) is 0 Å². The van der Waals surface area contributed by atoms with Crippen LogP contribution in [0.4, 0.5) is 5.69 Å². The Morgan fingerprint density at radius 1 is 1.10 bits per heavy atom. The molecule has 0 unspecified atom stereocenters. The van der Waals surface area contributed by atoms with Gasteiger partial charge in [0, 0.05) is 49.2 Å². The highest BCUT2D eigenvalue weighted by Crippen LogP contribution is 2.27. The number of para-hydroxylation sites is 2. The topological polar surface area (TPSA) is 74.7 Å². The fourth-order valence-electron chi connectivity index (χ4n) is 4.02. The maximum Gasteiger partial charge on any atom is 0.180 e. The molecule has 3 aromatic rings. The molecule has 0 saturated carbocycles. The van der Waals surface area contributed by atoms with Gasteiger partial charge in [-0.2, -0.15) is 0 Å². The van der Waals surface area contributed by atoms with E-state index in [1.807, 2.05) is 55.7 Å². The van der Waals surface area contributed by atoms with E-state index in [2.05, 4.69) is 15.0 Å². The van der Waals surface area contributed by atoms with Gasteiger partial charge in [-0.25, -0.2) is 0 Å². The first-order valence-corrected chi connectivity index (χ1v) is 9.85. The Bertz CT molecular complexity index is 1030. The predicted octanol–water partition coefficient (Wildman–Crippen LogP) is 3.10. The lowest BCUT2D eigenvalue weighted by atomic mass is 10.1. The average molecular weight is 394 g/mol. The summed E-state index contributed by atoms with van der Waals surface area (Å²) in [5.74, 6) is 1.85. The number of aromatic hydroxyl groups is 1. The van der Waals surface area contributed by atoms with Crippen LogP contribution in [0, 0.1) is 20.8 Å². The second kappa shape index (κ2) is 7.75. The first-order chi connectivity index (χ1) is 13.9. The van der Waals surface area contributed by atoms with Crippen molar-refractivity contribution in [3.05, 3.63) is 59.1 Å². The van der Waals surface area contributed by atoms with Crippen LogP contribution in [0.1, 0.15) is 27.5 Å². The first kappa shape index (κ1) is 19.3. The third kappa shape index (κ3) is 3.78. The summed E-state index contributed by atoms with van der Waals surface area (Å²) in [6.45, 7) is 9.27. The maximum absolute atomic E-state index is 13.0. The molecule has 2 aromatic heterocycles. The number of aromatic nitrogens is 2. The van der Waals surface area contributed by atoms with Crippen LogP contribution in [-0.2, 0) is 0 Å². The molecule has 0 amide bonds. The second-order valence-electron chi connectivity index (χ2n) is 7.59. The van der Waals surface area contributed by atoms with Crippen LogP contribution in [-0.4, -0.2) is 58.2 Å². The number of piperazine rings is 1. The standard InChI is InChI=1S/C22H26N4O3/c1-15-12-18(17(3)26(15)22-13-16(2)29-23-22)21(28)14-24-8-10-25(11-9-24)19-6-4-5-7-20(19)27/h4-7,12-13,27H,8-11,14H2,1-3H3. The predicted molar refractivity (Wildman–Crippen MR) is 111 cm³/mol. The number of hydrogen-bond donors (Lipinski definition) is 1. The first-order valence-electron chi connectivity index (χ1n) is 9.85. The van der Waals surface area contributed by atoms with Crippen LogP contribution in [0.5, 0.6) is 5.75 Å². The van der Waals surface area contributed by atoms with Gasteiger partial charge in [-0.3, -0.25) is 14.3 Å². The van der Waals surface area contributed by atoms with Gasteiger partial charge in [0.1, 0.15) is 11.5 Å². The Hall–Kier alpha value is -3.06. The van der Waals surface area contributed by atoms with E-state index in [1.54, 1.807) is 6.07 Å². The van der Waals surface area contributed by atoms with Crippen molar-refractivity contribution in [3.63, 3.8) is 0 Å². The molecule has 0 atom stereocenters. The minimum atomic E-state index is 0.112. The molecule has 4 rings (SSSR count). The summed E-state index contributed by atoms with van der Waals surface area (Å²) in [4.78, 5) is 17.3. The number of anilines is 1. The molecular weight excluding hydrogens is 368 g/mol. The van der Waals surface area contributed by atoms with E-state index in [0.29, 0.717) is 18.1 Å². The Morgan fingerprint density at radius 2 is 1.83 bits per heavy atom. The van der Waals surface area contributed by atoms with Gasteiger partial charge in [0.25, 0.3) is 0 Å². The van der Waals surface area contributed by atoms with Crippen molar-refractivity contribution in [2.45, 2.75) is 20.8 Å². The van der Waals surface area contributed by atoms with Crippen molar-refractivity contribution in [2.75, 3.05) is 37.6 Å². The molecule has 0 bridgehead atoms. The molecule has 7 heteroatoms. The summed E-state index contributed by atoms with van der Waals surface area (Å²) in [6.07, 6.45) is 0. The Kier molecular flexibility index (Phi) is 5.15. The number of aryl methyl sites for hydroxylation is 2. The van der Waals surface area contributed by atoms with E-state index < -0.39 is 0 Å². The van der Waals surface area contributed by atoms with Crippen molar-refractivity contribution >= 4 is 11.5 Å². The molecule has 0 radical (unpaired) electrons. The highest BCUT2D eigenvalue weighted by Gasteiger charge is 2.24. The van der Waals surface area contributed by atoms with E-state index in [0.717, 1.165) is 54.6 Å². The number of rotatable bonds is 5. The van der Waals surface area contributed by atoms with Crippen LogP contribution < -0.4 is 4.90 Å². The van der Waals surface area contributed by atoms with Crippen LogP contribution in [0.15, 0.2) is 40.9 Å². The highest BCUT2D eigenvalue weighted by molar-refractivity contribution is 5.99. The number of phenols is 1. The lowest BCUT2D eigenvalue weighted by Gasteiger charge is -2.35. The fourth-order valence-corrected chi connectivity index (χ4v) is 4.02. The van der Waals surface area contributed by atoms with Gasteiger partial charge in [0.2, 0.25) is 0 Å². The third-order valence-electron chi connectivity index (χ3n) is 5.54. The van der Waals surface area contributed by atoms with E-state index in [-0.39, 0.29) is 5.78 Å². The summed E-state index contributed by atoms with van der Waals surface area (Å²) < 4.78 is 7.15. The monoisotopic (exact) mass is 394 g/mol. The molecule has 1 fully saturated rings. The lowest BCUT2D eigenvalue weighted by Crippen LogP contribution is -2.48. The van der Waals surface area contributed by atoms with E-state index in [9.17, 15) is 9.90 Å². The average Bonchev–Trinajstić information content (AvgIpc) is 3.25. The molecule has 1 N–H and O–H groups in total. The molecule has 7 nitrogen and oxygen atoms in total. The van der Waals surface area contributed by atoms with Gasteiger partial charge in [-0.1, -0.05) is 17.3 Å². The van der Waals surface area contributed by atoms with Crippen molar-refractivity contribution in [2.24, 2.45) is 0 Å². The largest absolute Gasteiger partial charge is 0.506 e. The van der Waals surface area contributed by atoms with Crippen molar-refractivity contribution in [1.29, 1.82) is 0 Å². The number of hydrogen-bond acceptors (Lipinski definition) is 6. The zero-order valence-corrected chi connectivity index (χ0v) is 17.1. The molecule has 152 valence electrons. The van der Waals surface area contributed by atoms with Crippen LogP contribution in [0.25, 0.3) is 5.82 Å². The van der Waals surface area contributed by atoms with Gasteiger partial charge in [0.15, 0.2) is 11.6 Å². The van der Waals surface area contributed by atoms with Crippen LogP contribution >= 0.6 is 0 Å². The number of ketones is 1. The highest BCUT2D eigenvalue weighted by atomic mass is 16.5. The Morgan fingerprint density at radius 3 is 2.48 bits per heavy atom. The zero-order valence-electron chi connectivity index (χ0n) is 17.1. The van der Waals surface area contributed by atoms with E-state index in [1.165, 1.54) is 0 Å². The van der Waals surface area contributed by atoms with Gasteiger partial charge in [0.05, 0.1) is 12.2 Å². The van der Waals surface area contributed by atoms with Crippen LogP contribution in [0.3, 0.4) is 0 Å². The number of Topliss-reactive ketones (excluding diaryl/α,β-unsaturated/α-hetero) is 1. The summed E-state index contributed by atoms with van der Waals surface area (Å²) in [7, 11) is 0. The van der Waals surface area contributed by atoms with Gasteiger partial charge >= 0.3 is 0 Å². The second-order valence-corrected chi connectivity index (χ2v) is 7.59. The molecule has 1 saturated heterocycles. The molecule has 0 aliphatic carbocycles. The molecular formula is C22H26N4O3. The number of phenolic OH excluding ortho intramolecular Hbond substituents is 1.